The largest absolute Gasteiger partial charge is 0.504 e. The maximum absolute atomic E-state index is 9.37. The molecule has 17 heavy (non-hydrogen) atoms. The summed E-state index contributed by atoms with van der Waals surface area (Å²) in [5.74, 6) is 0.580. The van der Waals surface area contributed by atoms with Gasteiger partial charge in [0, 0.05) is 12.0 Å². The van der Waals surface area contributed by atoms with Crippen LogP contribution in [0, 0.1) is 0 Å². The third-order valence-corrected chi connectivity index (χ3v) is 2.43. The Bertz CT molecular complexity index is 508. The van der Waals surface area contributed by atoms with Gasteiger partial charge in [-0.3, -0.25) is 0 Å². The van der Waals surface area contributed by atoms with Crippen LogP contribution >= 0.6 is 0 Å². The first-order valence-electron chi connectivity index (χ1n) is 5.55. The molecular formula is C12H14N2O3. The summed E-state index contributed by atoms with van der Waals surface area (Å²) < 4.78 is 5.45. The standard InChI is InChI=1S/C12H14N2O3/c1-2-3-4-11-13-14-12(17-11)8-5-6-9(15)10(16)7-8/h5-7,15-16H,2-4H2,1H3. The summed E-state index contributed by atoms with van der Waals surface area (Å²) in [5.41, 5.74) is 0.593. The quantitative estimate of drug-likeness (QED) is 0.794. The highest BCUT2D eigenvalue weighted by Crippen LogP contribution is 2.29. The SMILES string of the molecule is CCCCc1nnc(-c2ccc(O)c(O)c2)o1. The van der Waals surface area contributed by atoms with Crippen LogP contribution in [-0.4, -0.2) is 20.4 Å². The fraction of sp³-hybridized carbons (Fsp3) is 0.333. The molecule has 2 N–H and O–H groups in total. The number of phenols is 2. The molecule has 0 aliphatic rings. The number of unbranched alkanes of at least 4 members (excludes halogenated alkanes) is 1. The van der Waals surface area contributed by atoms with Gasteiger partial charge in [0.1, 0.15) is 0 Å². The molecule has 5 nitrogen and oxygen atoms in total. The third kappa shape index (κ3) is 2.55. The van der Waals surface area contributed by atoms with Gasteiger partial charge in [0.2, 0.25) is 11.8 Å². The molecule has 0 fully saturated rings. The molecule has 0 amide bonds. The molecule has 0 unspecified atom stereocenters. The summed E-state index contributed by atoms with van der Waals surface area (Å²) in [5, 5.41) is 26.4. The van der Waals surface area contributed by atoms with Crippen LogP contribution in [0.4, 0.5) is 0 Å². The summed E-state index contributed by atoms with van der Waals surface area (Å²) in [6.45, 7) is 2.09. The van der Waals surface area contributed by atoms with Crippen LogP contribution in [0.15, 0.2) is 22.6 Å². The third-order valence-electron chi connectivity index (χ3n) is 2.43. The number of hydrogen-bond acceptors (Lipinski definition) is 5. The summed E-state index contributed by atoms with van der Waals surface area (Å²) in [4.78, 5) is 0. The Kier molecular flexibility index (Phi) is 3.27. The van der Waals surface area contributed by atoms with Gasteiger partial charge in [0.25, 0.3) is 0 Å². The van der Waals surface area contributed by atoms with Crippen molar-refractivity contribution in [2.24, 2.45) is 0 Å². The van der Waals surface area contributed by atoms with E-state index in [-0.39, 0.29) is 11.5 Å². The zero-order valence-corrected chi connectivity index (χ0v) is 9.55. The lowest BCUT2D eigenvalue weighted by molar-refractivity contribution is 0.403. The summed E-state index contributed by atoms with van der Waals surface area (Å²) >= 11 is 0. The fourth-order valence-electron chi connectivity index (χ4n) is 1.46. The monoisotopic (exact) mass is 234 g/mol. The van der Waals surface area contributed by atoms with E-state index in [2.05, 4.69) is 17.1 Å². The number of aryl methyl sites for hydroxylation is 1. The van der Waals surface area contributed by atoms with Crippen LogP contribution in [0.5, 0.6) is 11.5 Å². The van der Waals surface area contributed by atoms with E-state index in [1.807, 2.05) is 0 Å². The molecule has 1 aromatic carbocycles. The molecule has 0 aliphatic carbocycles. The van der Waals surface area contributed by atoms with E-state index in [0.29, 0.717) is 17.3 Å². The summed E-state index contributed by atoms with van der Waals surface area (Å²) in [6.07, 6.45) is 2.83. The van der Waals surface area contributed by atoms with Crippen LogP contribution in [-0.2, 0) is 6.42 Å². The van der Waals surface area contributed by atoms with Crippen molar-refractivity contribution in [2.75, 3.05) is 0 Å². The highest BCUT2D eigenvalue weighted by Gasteiger charge is 2.10. The van der Waals surface area contributed by atoms with Crippen molar-refractivity contribution < 1.29 is 14.6 Å². The van der Waals surface area contributed by atoms with Gasteiger partial charge in [-0.1, -0.05) is 13.3 Å². The van der Waals surface area contributed by atoms with Crippen LogP contribution in [0.25, 0.3) is 11.5 Å². The Labute approximate surface area is 98.7 Å². The molecule has 2 aromatic rings. The first-order valence-corrected chi connectivity index (χ1v) is 5.55. The van der Waals surface area contributed by atoms with Gasteiger partial charge in [0.05, 0.1) is 0 Å². The lowest BCUT2D eigenvalue weighted by atomic mass is 10.2. The van der Waals surface area contributed by atoms with Crippen molar-refractivity contribution in [1.82, 2.24) is 10.2 Å². The number of nitrogens with zero attached hydrogens (tertiary/aromatic N) is 2. The number of rotatable bonds is 4. The zero-order valence-electron chi connectivity index (χ0n) is 9.55. The van der Waals surface area contributed by atoms with Gasteiger partial charge < -0.3 is 14.6 Å². The Morgan fingerprint density at radius 2 is 2.00 bits per heavy atom. The molecule has 0 saturated heterocycles. The van der Waals surface area contributed by atoms with E-state index in [0.717, 1.165) is 19.3 Å². The molecule has 1 aromatic heterocycles. The second kappa shape index (κ2) is 4.86. The molecule has 2 rings (SSSR count). The minimum atomic E-state index is -0.198. The lowest BCUT2D eigenvalue weighted by Crippen LogP contribution is -1.83. The van der Waals surface area contributed by atoms with Crippen molar-refractivity contribution in [3.8, 4) is 23.0 Å². The van der Waals surface area contributed by atoms with Crippen LogP contribution in [0.1, 0.15) is 25.7 Å². The molecule has 90 valence electrons. The Morgan fingerprint density at radius 1 is 1.18 bits per heavy atom. The molecule has 0 spiro atoms. The Morgan fingerprint density at radius 3 is 2.71 bits per heavy atom. The number of aromatic nitrogens is 2. The van der Waals surface area contributed by atoms with E-state index in [1.54, 1.807) is 6.07 Å². The molecular weight excluding hydrogens is 220 g/mol. The van der Waals surface area contributed by atoms with Gasteiger partial charge >= 0.3 is 0 Å². The van der Waals surface area contributed by atoms with Crippen molar-refractivity contribution in [2.45, 2.75) is 26.2 Å². The number of aromatic hydroxyl groups is 2. The van der Waals surface area contributed by atoms with Gasteiger partial charge in [0.15, 0.2) is 11.5 Å². The van der Waals surface area contributed by atoms with Crippen molar-refractivity contribution in [3.05, 3.63) is 24.1 Å². The first kappa shape index (κ1) is 11.4. The molecule has 0 saturated carbocycles. The fourth-order valence-corrected chi connectivity index (χ4v) is 1.46. The normalized spacial score (nSPS) is 10.6. The maximum Gasteiger partial charge on any atom is 0.247 e. The minimum absolute atomic E-state index is 0.167. The lowest BCUT2D eigenvalue weighted by Gasteiger charge is -1.98. The smallest absolute Gasteiger partial charge is 0.247 e. The van der Waals surface area contributed by atoms with Crippen LogP contribution < -0.4 is 0 Å². The summed E-state index contributed by atoms with van der Waals surface area (Å²) in [7, 11) is 0. The number of phenolic OH excluding ortho intramolecular Hbond substituents is 2. The van der Waals surface area contributed by atoms with E-state index >= 15 is 0 Å². The predicted molar refractivity (Wildman–Crippen MR) is 61.7 cm³/mol. The molecule has 1 heterocycles. The predicted octanol–water partition coefficient (Wildman–Crippen LogP) is 2.49. The average Bonchev–Trinajstić information content (AvgIpc) is 2.79. The van der Waals surface area contributed by atoms with E-state index in [4.69, 9.17) is 4.42 Å². The van der Waals surface area contributed by atoms with Crippen LogP contribution in [0.2, 0.25) is 0 Å². The van der Waals surface area contributed by atoms with Gasteiger partial charge in [-0.25, -0.2) is 0 Å². The van der Waals surface area contributed by atoms with Crippen molar-refractivity contribution in [1.29, 1.82) is 0 Å². The van der Waals surface area contributed by atoms with Crippen molar-refractivity contribution >= 4 is 0 Å². The molecule has 0 radical (unpaired) electrons. The second-order valence-corrected chi connectivity index (χ2v) is 3.81. The highest BCUT2D eigenvalue weighted by molar-refractivity contribution is 5.58. The molecule has 0 bridgehead atoms. The van der Waals surface area contributed by atoms with E-state index < -0.39 is 0 Å². The Hall–Kier alpha value is -2.04. The average molecular weight is 234 g/mol. The van der Waals surface area contributed by atoms with E-state index in [9.17, 15) is 10.2 Å². The molecule has 0 aliphatic heterocycles. The van der Waals surface area contributed by atoms with Crippen molar-refractivity contribution in [3.63, 3.8) is 0 Å². The zero-order chi connectivity index (χ0) is 12.3. The van der Waals surface area contributed by atoms with Crippen LogP contribution in [0.3, 0.4) is 0 Å². The highest BCUT2D eigenvalue weighted by atomic mass is 16.4. The number of hydrogen-bond donors (Lipinski definition) is 2. The molecule has 0 atom stereocenters. The van der Waals surface area contributed by atoms with Gasteiger partial charge in [-0.2, -0.15) is 0 Å². The molecule has 5 heteroatoms. The Balaban J connectivity index is 2.21. The topological polar surface area (TPSA) is 79.4 Å². The van der Waals surface area contributed by atoms with E-state index in [1.165, 1.54) is 12.1 Å². The minimum Gasteiger partial charge on any atom is -0.504 e. The summed E-state index contributed by atoms with van der Waals surface area (Å²) in [6, 6.07) is 4.40. The first-order chi connectivity index (χ1) is 8.20. The second-order valence-electron chi connectivity index (χ2n) is 3.81. The van der Waals surface area contributed by atoms with Gasteiger partial charge in [-0.15, -0.1) is 10.2 Å². The number of benzene rings is 1. The van der Waals surface area contributed by atoms with Gasteiger partial charge in [-0.05, 0) is 24.6 Å². The maximum atomic E-state index is 9.37.